The normalized spacial score (nSPS) is 30.8. The van der Waals surface area contributed by atoms with Crippen LogP contribution in [-0.2, 0) is 0 Å². The predicted octanol–water partition coefficient (Wildman–Crippen LogP) is 0.331. The molecular weight excluding hydrogens is 184 g/mol. The number of Topliss-reactive ketones (excluding diaryl/α,β-unsaturated/α-hetero) is 1. The highest BCUT2D eigenvalue weighted by Crippen LogP contribution is 2.31. The van der Waals surface area contributed by atoms with E-state index in [1.54, 1.807) is 24.3 Å². The lowest BCUT2D eigenvalue weighted by Crippen LogP contribution is -2.52. The van der Waals surface area contributed by atoms with Gasteiger partial charge in [0.2, 0.25) is 11.6 Å². The van der Waals surface area contributed by atoms with Crippen molar-refractivity contribution in [3.63, 3.8) is 0 Å². The van der Waals surface area contributed by atoms with Gasteiger partial charge in [-0.25, -0.2) is 0 Å². The third-order valence-electron chi connectivity index (χ3n) is 2.22. The summed E-state index contributed by atoms with van der Waals surface area (Å²) in [6, 6.07) is 6.50. The van der Waals surface area contributed by atoms with Crippen molar-refractivity contribution in [2.75, 3.05) is 0 Å². The minimum atomic E-state index is -1.84. The van der Waals surface area contributed by atoms with Gasteiger partial charge in [0.25, 0.3) is 0 Å². The van der Waals surface area contributed by atoms with Gasteiger partial charge in [-0.15, -0.1) is 0 Å². The Kier molecular flexibility index (Phi) is 1.83. The lowest BCUT2D eigenvalue weighted by atomic mass is 9.96. The quantitative estimate of drug-likeness (QED) is 0.624. The van der Waals surface area contributed by atoms with Crippen LogP contribution in [0.2, 0.25) is 0 Å². The molecule has 0 aromatic heterocycles. The number of carbonyl (C=O) groups is 1. The number of para-hydroxylation sites is 1. The number of benzene rings is 1. The SMILES string of the molecule is C[C@]1(O)Oc2ccccc2C(=O)C1O. The van der Waals surface area contributed by atoms with Crippen LogP contribution in [0.5, 0.6) is 5.75 Å². The van der Waals surface area contributed by atoms with Gasteiger partial charge in [-0.1, -0.05) is 12.1 Å². The number of ether oxygens (including phenoxy) is 1. The molecule has 4 heteroatoms. The van der Waals surface area contributed by atoms with E-state index >= 15 is 0 Å². The molecule has 14 heavy (non-hydrogen) atoms. The lowest BCUT2D eigenvalue weighted by Gasteiger charge is -2.33. The Morgan fingerprint density at radius 3 is 2.79 bits per heavy atom. The molecule has 1 unspecified atom stereocenters. The van der Waals surface area contributed by atoms with Gasteiger partial charge in [-0.2, -0.15) is 0 Å². The smallest absolute Gasteiger partial charge is 0.239 e. The van der Waals surface area contributed by atoms with Crippen molar-refractivity contribution >= 4 is 5.78 Å². The van der Waals surface area contributed by atoms with E-state index in [0.29, 0.717) is 11.3 Å². The first-order chi connectivity index (χ1) is 6.52. The molecule has 1 aliphatic heterocycles. The summed E-state index contributed by atoms with van der Waals surface area (Å²) in [7, 11) is 0. The van der Waals surface area contributed by atoms with Gasteiger partial charge in [0.15, 0.2) is 6.10 Å². The van der Waals surface area contributed by atoms with Crippen molar-refractivity contribution in [1.29, 1.82) is 0 Å². The maximum absolute atomic E-state index is 11.5. The van der Waals surface area contributed by atoms with Crippen LogP contribution in [0.15, 0.2) is 24.3 Å². The lowest BCUT2D eigenvalue weighted by molar-refractivity contribution is -0.181. The molecule has 1 aromatic rings. The van der Waals surface area contributed by atoms with Gasteiger partial charge < -0.3 is 14.9 Å². The minimum Gasteiger partial charge on any atom is -0.459 e. The van der Waals surface area contributed by atoms with Crippen molar-refractivity contribution in [3.8, 4) is 5.75 Å². The first kappa shape index (κ1) is 9.18. The number of aliphatic hydroxyl groups is 2. The van der Waals surface area contributed by atoms with Gasteiger partial charge in [0.1, 0.15) is 5.75 Å². The zero-order chi connectivity index (χ0) is 10.3. The number of aliphatic hydroxyl groups excluding tert-OH is 1. The summed E-state index contributed by atoms with van der Waals surface area (Å²) >= 11 is 0. The Hall–Kier alpha value is -1.39. The Labute approximate surface area is 80.7 Å². The molecule has 0 saturated carbocycles. The average molecular weight is 194 g/mol. The zero-order valence-corrected chi connectivity index (χ0v) is 7.60. The fourth-order valence-corrected chi connectivity index (χ4v) is 1.43. The third-order valence-corrected chi connectivity index (χ3v) is 2.22. The van der Waals surface area contributed by atoms with E-state index < -0.39 is 17.7 Å². The summed E-state index contributed by atoms with van der Waals surface area (Å²) in [5.41, 5.74) is 0.298. The number of hydrogen-bond acceptors (Lipinski definition) is 4. The van der Waals surface area contributed by atoms with Gasteiger partial charge in [0.05, 0.1) is 5.56 Å². The number of ketones is 1. The second-order valence-electron chi connectivity index (χ2n) is 3.42. The van der Waals surface area contributed by atoms with E-state index in [4.69, 9.17) is 4.74 Å². The second-order valence-corrected chi connectivity index (χ2v) is 3.42. The molecule has 1 aliphatic rings. The van der Waals surface area contributed by atoms with Crippen molar-refractivity contribution in [2.24, 2.45) is 0 Å². The number of carbonyl (C=O) groups excluding carboxylic acids is 1. The van der Waals surface area contributed by atoms with E-state index in [-0.39, 0.29) is 0 Å². The van der Waals surface area contributed by atoms with E-state index in [0.717, 1.165) is 0 Å². The molecule has 0 amide bonds. The maximum atomic E-state index is 11.5. The first-order valence-corrected chi connectivity index (χ1v) is 4.25. The summed E-state index contributed by atoms with van der Waals surface area (Å²) < 4.78 is 5.09. The van der Waals surface area contributed by atoms with Gasteiger partial charge in [0, 0.05) is 6.92 Å². The van der Waals surface area contributed by atoms with Gasteiger partial charge in [-0.05, 0) is 12.1 Å². The average Bonchev–Trinajstić information content (AvgIpc) is 2.14. The highest BCUT2D eigenvalue weighted by Gasteiger charge is 2.43. The second kappa shape index (κ2) is 2.80. The zero-order valence-electron chi connectivity index (χ0n) is 7.60. The van der Waals surface area contributed by atoms with Crippen LogP contribution in [0, 0.1) is 0 Å². The van der Waals surface area contributed by atoms with Crippen LogP contribution < -0.4 is 4.74 Å². The van der Waals surface area contributed by atoms with Crippen LogP contribution >= 0.6 is 0 Å². The monoisotopic (exact) mass is 194 g/mol. The van der Waals surface area contributed by atoms with Gasteiger partial charge >= 0.3 is 0 Å². The third kappa shape index (κ3) is 1.20. The van der Waals surface area contributed by atoms with Crippen LogP contribution in [0.3, 0.4) is 0 Å². The summed E-state index contributed by atoms with van der Waals surface area (Å²) in [5, 5.41) is 19.0. The van der Waals surface area contributed by atoms with Gasteiger partial charge in [-0.3, -0.25) is 4.79 Å². The number of fused-ring (bicyclic) bond motifs is 1. The Morgan fingerprint density at radius 2 is 2.07 bits per heavy atom. The molecule has 0 fully saturated rings. The molecule has 2 N–H and O–H groups in total. The Balaban J connectivity index is 2.54. The molecule has 0 radical (unpaired) electrons. The summed E-state index contributed by atoms with van der Waals surface area (Å²) in [6.07, 6.45) is -1.53. The predicted molar refractivity (Wildman–Crippen MR) is 48.0 cm³/mol. The van der Waals surface area contributed by atoms with Crippen LogP contribution in [0.25, 0.3) is 0 Å². The van der Waals surface area contributed by atoms with E-state index in [9.17, 15) is 15.0 Å². The van der Waals surface area contributed by atoms with Crippen molar-refractivity contribution in [3.05, 3.63) is 29.8 Å². The first-order valence-electron chi connectivity index (χ1n) is 4.25. The molecule has 4 nitrogen and oxygen atoms in total. The molecule has 0 spiro atoms. The van der Waals surface area contributed by atoms with Crippen LogP contribution in [-0.4, -0.2) is 27.9 Å². The summed E-state index contributed by atoms with van der Waals surface area (Å²) in [4.78, 5) is 11.5. The molecule has 0 aliphatic carbocycles. The molecule has 0 saturated heterocycles. The molecule has 2 rings (SSSR count). The van der Waals surface area contributed by atoms with Crippen LogP contribution in [0.4, 0.5) is 0 Å². The fourth-order valence-electron chi connectivity index (χ4n) is 1.43. The number of rotatable bonds is 0. The van der Waals surface area contributed by atoms with E-state index in [1.165, 1.54) is 6.92 Å². The molecular formula is C10H10O4. The highest BCUT2D eigenvalue weighted by molar-refractivity contribution is 6.03. The largest absolute Gasteiger partial charge is 0.459 e. The Morgan fingerprint density at radius 1 is 1.43 bits per heavy atom. The molecule has 2 atom stereocenters. The van der Waals surface area contributed by atoms with Crippen molar-refractivity contribution in [2.45, 2.75) is 18.8 Å². The Bertz CT molecular complexity index is 383. The molecule has 0 bridgehead atoms. The molecule has 1 heterocycles. The standard InChI is InChI=1S/C10H10O4/c1-10(13)9(12)8(11)6-4-2-3-5-7(6)14-10/h2-5,9,12-13H,1H3/t9?,10-/m0/s1. The summed E-state index contributed by atoms with van der Waals surface area (Å²) in [5.74, 6) is -2.06. The minimum absolute atomic E-state index is 0.298. The summed E-state index contributed by atoms with van der Waals surface area (Å²) in [6.45, 7) is 1.26. The van der Waals surface area contributed by atoms with Crippen LogP contribution in [0.1, 0.15) is 17.3 Å². The highest BCUT2D eigenvalue weighted by atomic mass is 16.6. The number of hydrogen-bond donors (Lipinski definition) is 2. The maximum Gasteiger partial charge on any atom is 0.239 e. The van der Waals surface area contributed by atoms with Crippen molar-refractivity contribution in [1.82, 2.24) is 0 Å². The van der Waals surface area contributed by atoms with E-state index in [1.807, 2.05) is 0 Å². The fraction of sp³-hybridized carbons (Fsp3) is 0.300. The van der Waals surface area contributed by atoms with Crippen molar-refractivity contribution < 1.29 is 19.7 Å². The molecule has 1 aromatic carbocycles. The topological polar surface area (TPSA) is 66.8 Å². The molecule has 74 valence electrons. The van der Waals surface area contributed by atoms with E-state index in [2.05, 4.69) is 0 Å².